The van der Waals surface area contributed by atoms with Crippen molar-refractivity contribution < 1.29 is 19.1 Å². The highest BCUT2D eigenvalue weighted by Crippen LogP contribution is 2.38. The Hall–Kier alpha value is -2.63. The first-order valence-corrected chi connectivity index (χ1v) is 7.13. The number of hydrogen-bond acceptors (Lipinski definition) is 4. The molecule has 0 aromatic heterocycles. The number of hydrogen-bond donors (Lipinski definition) is 1. The lowest BCUT2D eigenvalue weighted by molar-refractivity contribution is -0.145. The quantitative estimate of drug-likeness (QED) is 0.668. The molecular formula is C16H16N2O4. The van der Waals surface area contributed by atoms with Crippen LogP contribution in [0.5, 0.6) is 0 Å². The van der Waals surface area contributed by atoms with Crippen molar-refractivity contribution >= 4 is 17.8 Å². The third-order valence-corrected chi connectivity index (χ3v) is 3.90. The number of fused-ring (bicyclic) bond motifs is 1. The molecule has 2 atom stereocenters. The summed E-state index contributed by atoms with van der Waals surface area (Å²) in [7, 11) is 0. The maximum atomic E-state index is 12.2. The predicted octanol–water partition coefficient (Wildman–Crippen LogP) is 1.15. The normalized spacial score (nSPS) is 23.2. The van der Waals surface area contributed by atoms with Crippen LogP contribution in [-0.4, -0.2) is 35.3 Å². The number of likely N-dealkylation sites (tertiary alicyclic amines) is 1. The summed E-state index contributed by atoms with van der Waals surface area (Å²) in [4.78, 5) is 37.7. The Kier molecular flexibility index (Phi) is 3.66. The number of carbonyl (C=O) groups is 3. The number of carbonyl (C=O) groups excluding carboxylic acids is 3. The first-order valence-electron chi connectivity index (χ1n) is 7.13. The van der Waals surface area contributed by atoms with Gasteiger partial charge in [-0.15, -0.1) is 6.58 Å². The zero-order chi connectivity index (χ0) is 15.7. The minimum atomic E-state index is -0.821. The highest BCUT2D eigenvalue weighted by molar-refractivity contribution is 5.96. The van der Waals surface area contributed by atoms with Gasteiger partial charge in [0.2, 0.25) is 18.0 Å². The van der Waals surface area contributed by atoms with E-state index in [2.05, 4.69) is 11.9 Å². The highest BCUT2D eigenvalue weighted by Gasteiger charge is 2.46. The van der Waals surface area contributed by atoms with E-state index in [0.29, 0.717) is 24.1 Å². The fourth-order valence-electron chi connectivity index (χ4n) is 2.88. The van der Waals surface area contributed by atoms with Crippen molar-refractivity contribution in [3.05, 3.63) is 48.0 Å². The van der Waals surface area contributed by atoms with E-state index < -0.39 is 18.2 Å². The van der Waals surface area contributed by atoms with Gasteiger partial charge in [0.1, 0.15) is 6.04 Å². The van der Waals surface area contributed by atoms with E-state index in [0.717, 1.165) is 0 Å². The number of ether oxygens (including phenoxy) is 1. The molecule has 1 N–H and O–H groups in total. The van der Waals surface area contributed by atoms with Crippen LogP contribution < -0.4 is 5.32 Å². The molecule has 1 fully saturated rings. The number of benzene rings is 1. The average molecular weight is 300 g/mol. The highest BCUT2D eigenvalue weighted by atomic mass is 16.6. The Morgan fingerprint density at radius 2 is 2.18 bits per heavy atom. The number of amides is 2. The van der Waals surface area contributed by atoms with Crippen LogP contribution in [0, 0.1) is 0 Å². The SMILES string of the molecule is C=CCNC(=O)[C@@H]1CCC(=O)N1[C@H]1OC(=O)c2ccccc21. The Bertz CT molecular complexity index is 655. The second-order valence-corrected chi connectivity index (χ2v) is 5.23. The summed E-state index contributed by atoms with van der Waals surface area (Å²) < 4.78 is 5.34. The van der Waals surface area contributed by atoms with Crippen LogP contribution in [0.25, 0.3) is 0 Å². The molecular weight excluding hydrogens is 284 g/mol. The standard InChI is InChI=1S/C16H16N2O4/c1-2-9-17-14(20)12-7-8-13(19)18(12)15-10-5-3-4-6-11(10)16(21)22-15/h2-6,12,15H,1,7-9H2,(H,17,20)/t12-,15-/m0/s1. The largest absolute Gasteiger partial charge is 0.433 e. The van der Waals surface area contributed by atoms with Crippen LogP contribution in [0.3, 0.4) is 0 Å². The summed E-state index contributed by atoms with van der Waals surface area (Å²) in [5.74, 6) is -0.912. The molecule has 2 amide bonds. The van der Waals surface area contributed by atoms with Gasteiger partial charge in [0.15, 0.2) is 0 Å². The second-order valence-electron chi connectivity index (χ2n) is 5.23. The molecule has 0 spiro atoms. The van der Waals surface area contributed by atoms with Gasteiger partial charge in [0.25, 0.3) is 0 Å². The lowest BCUT2D eigenvalue weighted by atomic mass is 10.1. The van der Waals surface area contributed by atoms with Crippen molar-refractivity contribution in [3.63, 3.8) is 0 Å². The molecule has 6 heteroatoms. The third-order valence-electron chi connectivity index (χ3n) is 3.90. The summed E-state index contributed by atoms with van der Waals surface area (Å²) >= 11 is 0. The van der Waals surface area contributed by atoms with Gasteiger partial charge in [-0.3, -0.25) is 14.5 Å². The van der Waals surface area contributed by atoms with Gasteiger partial charge in [0, 0.05) is 18.5 Å². The Balaban J connectivity index is 1.89. The molecule has 1 aromatic rings. The van der Waals surface area contributed by atoms with Gasteiger partial charge < -0.3 is 10.1 Å². The molecule has 2 heterocycles. The summed E-state index contributed by atoms with van der Waals surface area (Å²) in [5, 5.41) is 2.69. The summed E-state index contributed by atoms with van der Waals surface area (Å²) in [6, 6.07) is 6.29. The maximum absolute atomic E-state index is 12.2. The summed E-state index contributed by atoms with van der Waals surface area (Å²) in [6.07, 6.45) is 1.43. The second kappa shape index (κ2) is 5.63. The molecule has 2 aliphatic heterocycles. The lowest BCUT2D eigenvalue weighted by Crippen LogP contribution is -2.46. The van der Waals surface area contributed by atoms with E-state index in [1.807, 2.05) is 0 Å². The van der Waals surface area contributed by atoms with Crippen molar-refractivity contribution in [1.29, 1.82) is 0 Å². The Labute approximate surface area is 127 Å². The van der Waals surface area contributed by atoms with Gasteiger partial charge in [-0.25, -0.2) is 4.79 Å². The zero-order valence-corrected chi connectivity index (χ0v) is 12.0. The lowest BCUT2D eigenvalue weighted by Gasteiger charge is -2.29. The van der Waals surface area contributed by atoms with Crippen molar-refractivity contribution in [1.82, 2.24) is 10.2 Å². The van der Waals surface area contributed by atoms with Crippen LogP contribution >= 0.6 is 0 Å². The molecule has 1 aromatic carbocycles. The molecule has 22 heavy (non-hydrogen) atoms. The van der Waals surface area contributed by atoms with Gasteiger partial charge in [-0.1, -0.05) is 24.3 Å². The van der Waals surface area contributed by atoms with Crippen molar-refractivity contribution in [3.8, 4) is 0 Å². The molecule has 0 aliphatic carbocycles. The van der Waals surface area contributed by atoms with Crippen LogP contribution in [0.15, 0.2) is 36.9 Å². The van der Waals surface area contributed by atoms with E-state index in [1.54, 1.807) is 30.3 Å². The molecule has 6 nitrogen and oxygen atoms in total. The van der Waals surface area contributed by atoms with E-state index >= 15 is 0 Å². The first-order chi connectivity index (χ1) is 10.6. The van der Waals surface area contributed by atoms with E-state index in [1.165, 1.54) is 4.90 Å². The molecule has 0 bridgehead atoms. The maximum Gasteiger partial charge on any atom is 0.340 e. The van der Waals surface area contributed by atoms with Gasteiger partial charge in [-0.2, -0.15) is 0 Å². The molecule has 1 saturated heterocycles. The average Bonchev–Trinajstić information content (AvgIpc) is 3.06. The molecule has 114 valence electrons. The number of cyclic esters (lactones) is 1. The number of esters is 1. The monoisotopic (exact) mass is 300 g/mol. The Morgan fingerprint density at radius 3 is 2.95 bits per heavy atom. The van der Waals surface area contributed by atoms with Crippen LogP contribution in [0.4, 0.5) is 0 Å². The number of nitrogens with one attached hydrogen (secondary N) is 1. The van der Waals surface area contributed by atoms with Crippen LogP contribution in [0.1, 0.15) is 35.0 Å². The van der Waals surface area contributed by atoms with Crippen LogP contribution in [0.2, 0.25) is 0 Å². The summed E-state index contributed by atoms with van der Waals surface area (Å²) in [6.45, 7) is 3.88. The Morgan fingerprint density at radius 1 is 1.41 bits per heavy atom. The summed E-state index contributed by atoms with van der Waals surface area (Å²) in [5.41, 5.74) is 1.07. The van der Waals surface area contributed by atoms with Gasteiger partial charge >= 0.3 is 5.97 Å². The van der Waals surface area contributed by atoms with Crippen molar-refractivity contribution in [2.75, 3.05) is 6.54 Å². The fraction of sp³-hybridized carbons (Fsp3) is 0.312. The minimum absolute atomic E-state index is 0.187. The third kappa shape index (κ3) is 2.26. The van der Waals surface area contributed by atoms with E-state index in [9.17, 15) is 14.4 Å². The predicted molar refractivity (Wildman–Crippen MR) is 77.7 cm³/mol. The van der Waals surface area contributed by atoms with E-state index in [-0.39, 0.29) is 18.2 Å². The van der Waals surface area contributed by atoms with Crippen molar-refractivity contribution in [2.45, 2.75) is 25.1 Å². The van der Waals surface area contributed by atoms with Crippen molar-refractivity contribution in [2.24, 2.45) is 0 Å². The molecule has 0 unspecified atom stereocenters. The van der Waals surface area contributed by atoms with Crippen LogP contribution in [-0.2, 0) is 14.3 Å². The molecule has 0 radical (unpaired) electrons. The number of nitrogens with zero attached hydrogens (tertiary/aromatic N) is 1. The first kappa shape index (κ1) is 14.3. The zero-order valence-electron chi connectivity index (χ0n) is 12.0. The molecule has 2 aliphatic rings. The smallest absolute Gasteiger partial charge is 0.340 e. The topological polar surface area (TPSA) is 75.7 Å². The van der Waals surface area contributed by atoms with E-state index in [4.69, 9.17) is 4.74 Å². The molecule has 0 saturated carbocycles. The van der Waals surface area contributed by atoms with Gasteiger partial charge in [0.05, 0.1) is 5.56 Å². The van der Waals surface area contributed by atoms with Gasteiger partial charge in [-0.05, 0) is 12.5 Å². The fourth-order valence-corrected chi connectivity index (χ4v) is 2.88. The molecule has 3 rings (SSSR count). The minimum Gasteiger partial charge on any atom is -0.433 e. The number of rotatable bonds is 4.